The molecule has 1 aliphatic heterocycles. The van der Waals surface area contributed by atoms with Gasteiger partial charge in [0.2, 0.25) is 5.91 Å². The molecular weight excluding hydrogens is 364 g/mol. The van der Waals surface area contributed by atoms with Crippen molar-refractivity contribution in [3.63, 3.8) is 0 Å². The number of imide groups is 1. The number of nitrogens with zero attached hydrogens (tertiary/aromatic N) is 1. The number of benzene rings is 3. The lowest BCUT2D eigenvalue weighted by Gasteiger charge is -2.27. The van der Waals surface area contributed by atoms with Gasteiger partial charge in [-0.15, -0.1) is 0 Å². The van der Waals surface area contributed by atoms with Gasteiger partial charge < -0.3 is 5.32 Å². The standard InChI is InChI=1S/C24H22N2O3/c1-15(2)16-9-11-18(12-10-16)25-21(27)13-14-26-23(28)19-7-3-5-17-6-4-8-20(22(17)19)24(26)29/h3-12,15H,13-14H2,1-2H3,(H,25,27). The summed E-state index contributed by atoms with van der Waals surface area (Å²) in [7, 11) is 0. The molecule has 0 fully saturated rings. The Balaban J connectivity index is 1.47. The van der Waals surface area contributed by atoms with Crippen molar-refractivity contribution in [2.45, 2.75) is 26.2 Å². The van der Waals surface area contributed by atoms with Gasteiger partial charge in [-0.3, -0.25) is 19.3 Å². The van der Waals surface area contributed by atoms with Gasteiger partial charge in [-0.1, -0.05) is 50.2 Å². The van der Waals surface area contributed by atoms with Crippen LogP contribution in [0.2, 0.25) is 0 Å². The van der Waals surface area contributed by atoms with E-state index >= 15 is 0 Å². The lowest BCUT2D eigenvalue weighted by atomic mass is 9.94. The summed E-state index contributed by atoms with van der Waals surface area (Å²) in [6.45, 7) is 4.26. The molecule has 3 aromatic carbocycles. The first-order valence-electron chi connectivity index (χ1n) is 9.73. The van der Waals surface area contributed by atoms with Gasteiger partial charge in [0, 0.05) is 35.2 Å². The van der Waals surface area contributed by atoms with Crippen LogP contribution in [0.15, 0.2) is 60.7 Å². The zero-order chi connectivity index (χ0) is 20.5. The van der Waals surface area contributed by atoms with Crippen LogP contribution >= 0.6 is 0 Å². The van der Waals surface area contributed by atoms with Gasteiger partial charge in [0.05, 0.1) is 0 Å². The van der Waals surface area contributed by atoms with Crippen LogP contribution in [0.4, 0.5) is 5.69 Å². The Labute approximate surface area is 169 Å². The molecule has 0 aromatic heterocycles. The third kappa shape index (κ3) is 3.51. The maximum atomic E-state index is 12.9. The molecule has 3 aromatic rings. The Kier molecular flexibility index (Phi) is 4.89. The minimum atomic E-state index is -0.353. The monoisotopic (exact) mass is 386 g/mol. The van der Waals surface area contributed by atoms with Crippen LogP contribution in [-0.2, 0) is 4.79 Å². The summed E-state index contributed by atoms with van der Waals surface area (Å²) in [6, 6.07) is 18.5. The molecule has 3 amide bonds. The minimum Gasteiger partial charge on any atom is -0.326 e. The minimum absolute atomic E-state index is 0.0400. The number of rotatable bonds is 5. The van der Waals surface area contributed by atoms with Crippen molar-refractivity contribution < 1.29 is 14.4 Å². The fourth-order valence-corrected chi connectivity index (χ4v) is 3.67. The average Bonchev–Trinajstić information content (AvgIpc) is 2.72. The molecule has 0 saturated carbocycles. The van der Waals surface area contributed by atoms with Crippen LogP contribution in [0.25, 0.3) is 10.8 Å². The molecule has 29 heavy (non-hydrogen) atoms. The fourth-order valence-electron chi connectivity index (χ4n) is 3.67. The van der Waals surface area contributed by atoms with E-state index in [2.05, 4.69) is 19.2 Å². The topological polar surface area (TPSA) is 66.5 Å². The second kappa shape index (κ2) is 7.51. The zero-order valence-corrected chi connectivity index (χ0v) is 16.4. The largest absolute Gasteiger partial charge is 0.326 e. The summed E-state index contributed by atoms with van der Waals surface area (Å²) >= 11 is 0. The highest BCUT2D eigenvalue weighted by Gasteiger charge is 2.32. The molecule has 4 rings (SSSR count). The molecule has 0 atom stereocenters. The highest BCUT2D eigenvalue weighted by Crippen LogP contribution is 2.30. The Morgan fingerprint density at radius 3 is 2.03 bits per heavy atom. The van der Waals surface area contributed by atoms with Crippen molar-refractivity contribution in [2.75, 3.05) is 11.9 Å². The predicted octanol–water partition coefficient (Wildman–Crippen LogP) is 4.59. The molecule has 0 bridgehead atoms. The Hall–Kier alpha value is -3.47. The normalized spacial score (nSPS) is 13.3. The maximum Gasteiger partial charge on any atom is 0.261 e. The molecule has 0 aliphatic carbocycles. The molecule has 0 saturated heterocycles. The predicted molar refractivity (Wildman–Crippen MR) is 113 cm³/mol. The van der Waals surface area contributed by atoms with Crippen molar-refractivity contribution in [2.24, 2.45) is 0 Å². The van der Waals surface area contributed by atoms with Gasteiger partial charge in [-0.05, 0) is 41.1 Å². The molecule has 5 heteroatoms. The molecule has 1 aliphatic rings. The number of hydrogen-bond donors (Lipinski definition) is 1. The number of anilines is 1. The van der Waals surface area contributed by atoms with E-state index in [4.69, 9.17) is 0 Å². The summed E-state index contributed by atoms with van der Waals surface area (Å²) in [4.78, 5) is 39.2. The number of nitrogens with one attached hydrogen (secondary N) is 1. The molecule has 5 nitrogen and oxygen atoms in total. The van der Waals surface area contributed by atoms with E-state index < -0.39 is 0 Å². The first-order valence-corrected chi connectivity index (χ1v) is 9.73. The summed E-state index contributed by atoms with van der Waals surface area (Å²) < 4.78 is 0. The fraction of sp³-hybridized carbons (Fsp3) is 0.208. The highest BCUT2D eigenvalue weighted by atomic mass is 16.2. The molecule has 0 unspecified atom stereocenters. The smallest absolute Gasteiger partial charge is 0.261 e. The van der Waals surface area contributed by atoms with E-state index in [9.17, 15) is 14.4 Å². The number of hydrogen-bond acceptors (Lipinski definition) is 3. The van der Waals surface area contributed by atoms with E-state index in [0.717, 1.165) is 5.39 Å². The third-order valence-corrected chi connectivity index (χ3v) is 5.28. The Morgan fingerprint density at radius 1 is 0.897 bits per heavy atom. The van der Waals surface area contributed by atoms with Gasteiger partial charge in [0.1, 0.15) is 0 Å². The van der Waals surface area contributed by atoms with E-state index in [0.29, 0.717) is 28.1 Å². The summed E-state index contributed by atoms with van der Waals surface area (Å²) in [5.74, 6) is -0.523. The number of carbonyl (C=O) groups excluding carboxylic acids is 3. The van der Waals surface area contributed by atoms with Crippen LogP contribution in [0.1, 0.15) is 52.5 Å². The van der Waals surface area contributed by atoms with Gasteiger partial charge in [0.25, 0.3) is 11.8 Å². The van der Waals surface area contributed by atoms with Crippen LogP contribution in [0, 0.1) is 0 Å². The van der Waals surface area contributed by atoms with Gasteiger partial charge >= 0.3 is 0 Å². The lowest BCUT2D eigenvalue weighted by Crippen LogP contribution is -2.41. The van der Waals surface area contributed by atoms with Crippen LogP contribution in [0.5, 0.6) is 0 Å². The van der Waals surface area contributed by atoms with Crippen LogP contribution < -0.4 is 5.32 Å². The molecule has 1 heterocycles. The van der Waals surface area contributed by atoms with Gasteiger partial charge in [0.15, 0.2) is 0 Å². The van der Waals surface area contributed by atoms with Crippen molar-refractivity contribution in [1.29, 1.82) is 0 Å². The summed E-state index contributed by atoms with van der Waals surface area (Å²) in [6.07, 6.45) is 0.0432. The van der Waals surface area contributed by atoms with Gasteiger partial charge in [-0.25, -0.2) is 0 Å². The van der Waals surface area contributed by atoms with E-state index in [1.165, 1.54) is 10.5 Å². The summed E-state index contributed by atoms with van der Waals surface area (Å²) in [5.41, 5.74) is 2.90. The number of amides is 3. The van der Waals surface area contributed by atoms with Gasteiger partial charge in [-0.2, -0.15) is 0 Å². The van der Waals surface area contributed by atoms with E-state index in [1.54, 1.807) is 24.3 Å². The Morgan fingerprint density at radius 2 is 1.48 bits per heavy atom. The van der Waals surface area contributed by atoms with E-state index in [1.807, 2.05) is 36.4 Å². The van der Waals surface area contributed by atoms with Crippen LogP contribution in [-0.4, -0.2) is 29.2 Å². The molecule has 0 radical (unpaired) electrons. The summed E-state index contributed by atoms with van der Waals surface area (Å²) in [5, 5.41) is 4.38. The van der Waals surface area contributed by atoms with Crippen LogP contribution in [0.3, 0.4) is 0 Å². The van der Waals surface area contributed by atoms with E-state index in [-0.39, 0.29) is 30.7 Å². The van der Waals surface area contributed by atoms with Crippen molar-refractivity contribution in [1.82, 2.24) is 4.90 Å². The highest BCUT2D eigenvalue weighted by molar-refractivity contribution is 6.25. The first kappa shape index (κ1) is 18.9. The SMILES string of the molecule is CC(C)c1ccc(NC(=O)CCN2C(=O)c3cccc4cccc(c34)C2=O)cc1. The van der Waals surface area contributed by atoms with Crippen molar-refractivity contribution in [3.8, 4) is 0 Å². The second-order valence-corrected chi connectivity index (χ2v) is 7.55. The quantitative estimate of drug-likeness (QED) is 0.652. The zero-order valence-electron chi connectivity index (χ0n) is 16.4. The Bertz CT molecular complexity index is 1070. The molecule has 1 N–H and O–H groups in total. The number of carbonyl (C=O) groups is 3. The second-order valence-electron chi connectivity index (χ2n) is 7.55. The van der Waals surface area contributed by atoms with Crippen molar-refractivity contribution >= 4 is 34.2 Å². The maximum absolute atomic E-state index is 12.9. The molecule has 146 valence electrons. The average molecular weight is 386 g/mol. The first-order chi connectivity index (χ1) is 14.0. The lowest BCUT2D eigenvalue weighted by molar-refractivity contribution is -0.116. The third-order valence-electron chi connectivity index (χ3n) is 5.28. The molecular formula is C24H22N2O3. The van der Waals surface area contributed by atoms with Crippen molar-refractivity contribution in [3.05, 3.63) is 77.4 Å². The molecule has 0 spiro atoms.